The predicted octanol–water partition coefficient (Wildman–Crippen LogP) is 1.90. The van der Waals surface area contributed by atoms with Crippen molar-refractivity contribution in [1.82, 2.24) is 19.4 Å². The van der Waals surface area contributed by atoms with Crippen molar-refractivity contribution in [3.05, 3.63) is 48.3 Å². The number of hydrogen-bond acceptors (Lipinski definition) is 5. The van der Waals surface area contributed by atoms with Gasteiger partial charge in [-0.15, -0.1) is 0 Å². The van der Waals surface area contributed by atoms with E-state index >= 15 is 0 Å². The van der Waals surface area contributed by atoms with Crippen LogP contribution in [0.25, 0.3) is 10.9 Å². The van der Waals surface area contributed by atoms with Crippen LogP contribution in [0.1, 0.15) is 16.8 Å². The minimum absolute atomic E-state index is 0.0807. The van der Waals surface area contributed by atoms with Gasteiger partial charge in [0.05, 0.1) is 5.56 Å². The third-order valence-corrected chi connectivity index (χ3v) is 4.86. The van der Waals surface area contributed by atoms with Gasteiger partial charge < -0.3 is 20.1 Å². The fourth-order valence-electron chi connectivity index (χ4n) is 3.52. The highest BCUT2D eigenvalue weighted by Crippen LogP contribution is 2.22. The van der Waals surface area contributed by atoms with Gasteiger partial charge in [0.2, 0.25) is 5.95 Å². The molecular formula is C19H22N6O. The molecule has 7 nitrogen and oxygen atoms in total. The molecule has 2 N–H and O–H groups in total. The maximum Gasteiger partial charge on any atom is 0.256 e. The number of para-hydroxylation sites is 1. The number of nitrogen functional groups attached to an aromatic ring is 1. The number of carbonyl (C=O) groups is 1. The van der Waals surface area contributed by atoms with Gasteiger partial charge in [0.25, 0.3) is 5.91 Å². The van der Waals surface area contributed by atoms with Crippen LogP contribution in [0.15, 0.2) is 42.7 Å². The Hall–Kier alpha value is -3.09. The number of amides is 1. The molecule has 0 aliphatic carbocycles. The van der Waals surface area contributed by atoms with E-state index in [4.69, 9.17) is 5.73 Å². The van der Waals surface area contributed by atoms with Gasteiger partial charge in [0.15, 0.2) is 0 Å². The molecule has 1 fully saturated rings. The molecular weight excluding hydrogens is 328 g/mol. The number of carbonyl (C=O) groups excluding carboxylic acids is 1. The maximum atomic E-state index is 13.1. The molecule has 0 unspecified atom stereocenters. The van der Waals surface area contributed by atoms with Crippen molar-refractivity contribution < 1.29 is 4.79 Å². The monoisotopic (exact) mass is 350 g/mol. The summed E-state index contributed by atoms with van der Waals surface area (Å²) in [5, 5.41) is 1.00. The minimum Gasteiger partial charge on any atom is -0.384 e. The smallest absolute Gasteiger partial charge is 0.256 e. The number of anilines is 2. The van der Waals surface area contributed by atoms with E-state index in [2.05, 4.69) is 14.9 Å². The van der Waals surface area contributed by atoms with Crippen LogP contribution >= 0.6 is 0 Å². The van der Waals surface area contributed by atoms with E-state index in [1.165, 1.54) is 0 Å². The van der Waals surface area contributed by atoms with Crippen molar-refractivity contribution in [2.75, 3.05) is 36.8 Å². The third kappa shape index (κ3) is 2.96. The van der Waals surface area contributed by atoms with Gasteiger partial charge in [-0.1, -0.05) is 18.2 Å². The van der Waals surface area contributed by atoms with Crippen molar-refractivity contribution in [3.63, 3.8) is 0 Å². The molecule has 0 spiro atoms. The molecule has 0 atom stereocenters. The number of rotatable bonds is 2. The first kappa shape index (κ1) is 16.4. The fourth-order valence-corrected chi connectivity index (χ4v) is 3.52. The lowest BCUT2D eigenvalue weighted by atomic mass is 10.1. The van der Waals surface area contributed by atoms with Crippen LogP contribution in [0, 0.1) is 0 Å². The second-order valence-electron chi connectivity index (χ2n) is 6.59. The highest BCUT2D eigenvalue weighted by molar-refractivity contribution is 6.07. The molecule has 0 bridgehead atoms. The lowest BCUT2D eigenvalue weighted by molar-refractivity contribution is 0.0768. The molecule has 1 aliphatic heterocycles. The number of nitrogens with two attached hydrogens (primary N) is 1. The Bertz CT molecular complexity index is 950. The van der Waals surface area contributed by atoms with Crippen LogP contribution in [0.3, 0.4) is 0 Å². The molecule has 1 aromatic carbocycles. The number of aromatic nitrogens is 3. The zero-order valence-electron chi connectivity index (χ0n) is 14.8. The highest BCUT2D eigenvalue weighted by Gasteiger charge is 2.23. The topological polar surface area (TPSA) is 80.3 Å². The van der Waals surface area contributed by atoms with Crippen LogP contribution in [0.4, 0.5) is 11.8 Å². The zero-order valence-corrected chi connectivity index (χ0v) is 14.8. The molecule has 2 aromatic heterocycles. The van der Waals surface area contributed by atoms with Gasteiger partial charge in [-0.2, -0.15) is 4.98 Å². The normalized spacial score (nSPS) is 15.3. The summed E-state index contributed by atoms with van der Waals surface area (Å²) in [4.78, 5) is 25.7. The summed E-state index contributed by atoms with van der Waals surface area (Å²) >= 11 is 0. The maximum absolute atomic E-state index is 13.1. The van der Waals surface area contributed by atoms with E-state index < -0.39 is 0 Å². The van der Waals surface area contributed by atoms with Gasteiger partial charge >= 0.3 is 0 Å². The Kier molecular flexibility index (Phi) is 4.20. The van der Waals surface area contributed by atoms with Gasteiger partial charge in [-0.05, 0) is 18.6 Å². The second-order valence-corrected chi connectivity index (χ2v) is 6.59. The lowest BCUT2D eigenvalue weighted by Gasteiger charge is -2.22. The van der Waals surface area contributed by atoms with E-state index in [0.717, 1.165) is 36.0 Å². The predicted molar refractivity (Wildman–Crippen MR) is 102 cm³/mol. The molecule has 134 valence electrons. The summed E-state index contributed by atoms with van der Waals surface area (Å²) in [6.07, 6.45) is 4.47. The van der Waals surface area contributed by atoms with Gasteiger partial charge in [0.1, 0.15) is 5.82 Å². The Morgan fingerprint density at radius 3 is 2.81 bits per heavy atom. The third-order valence-electron chi connectivity index (χ3n) is 4.86. The molecule has 3 aromatic rings. The first-order valence-corrected chi connectivity index (χ1v) is 8.80. The first-order chi connectivity index (χ1) is 12.6. The van der Waals surface area contributed by atoms with Crippen LogP contribution in [-0.4, -0.2) is 51.5 Å². The fraction of sp³-hybridized carbons (Fsp3) is 0.316. The van der Waals surface area contributed by atoms with Crippen LogP contribution in [0.2, 0.25) is 0 Å². The standard InChI is InChI=1S/C19H22N6O/c1-23-13-15(14-5-2-3-6-16(14)23)18(26)24-9-4-10-25(12-11-24)19-21-8-7-17(20)22-19/h2-3,5-8,13H,4,9-12H2,1H3,(H2,20,21,22). The van der Waals surface area contributed by atoms with E-state index in [1.54, 1.807) is 12.3 Å². The summed E-state index contributed by atoms with van der Waals surface area (Å²) in [5.74, 6) is 1.17. The van der Waals surface area contributed by atoms with E-state index in [-0.39, 0.29) is 5.91 Å². The minimum atomic E-state index is 0.0807. The van der Waals surface area contributed by atoms with Crippen molar-refractivity contribution in [2.45, 2.75) is 6.42 Å². The summed E-state index contributed by atoms with van der Waals surface area (Å²) < 4.78 is 2.01. The van der Waals surface area contributed by atoms with E-state index in [9.17, 15) is 4.79 Å². The quantitative estimate of drug-likeness (QED) is 0.763. The molecule has 4 rings (SSSR count). The average Bonchev–Trinajstić information content (AvgIpc) is 2.83. The van der Waals surface area contributed by atoms with Crippen molar-refractivity contribution in [2.24, 2.45) is 7.05 Å². The summed E-state index contributed by atoms with van der Waals surface area (Å²) in [6, 6.07) is 9.69. The van der Waals surface area contributed by atoms with Crippen molar-refractivity contribution >= 4 is 28.6 Å². The Morgan fingerprint density at radius 1 is 1.12 bits per heavy atom. The molecule has 7 heteroatoms. The molecule has 1 aliphatic rings. The molecule has 1 saturated heterocycles. The Morgan fingerprint density at radius 2 is 1.96 bits per heavy atom. The van der Waals surface area contributed by atoms with Gasteiger partial charge in [-0.3, -0.25) is 4.79 Å². The van der Waals surface area contributed by atoms with Crippen LogP contribution in [0.5, 0.6) is 0 Å². The summed E-state index contributed by atoms with van der Waals surface area (Å²) in [6.45, 7) is 2.86. The van der Waals surface area contributed by atoms with Crippen LogP contribution in [-0.2, 0) is 7.05 Å². The largest absolute Gasteiger partial charge is 0.384 e. The van der Waals surface area contributed by atoms with Crippen molar-refractivity contribution in [1.29, 1.82) is 0 Å². The molecule has 3 heterocycles. The average molecular weight is 350 g/mol. The van der Waals surface area contributed by atoms with Gasteiger partial charge in [-0.25, -0.2) is 4.98 Å². The SMILES string of the molecule is Cn1cc(C(=O)N2CCCN(c3nccc(N)n3)CC2)c2ccccc21. The second kappa shape index (κ2) is 6.67. The number of hydrogen-bond donors (Lipinski definition) is 1. The number of fused-ring (bicyclic) bond motifs is 1. The lowest BCUT2D eigenvalue weighted by Crippen LogP contribution is -2.35. The molecule has 1 amide bonds. The summed E-state index contributed by atoms with van der Waals surface area (Å²) in [5.41, 5.74) is 7.60. The zero-order chi connectivity index (χ0) is 18.1. The molecule has 26 heavy (non-hydrogen) atoms. The Labute approximate surface area is 152 Å². The van der Waals surface area contributed by atoms with Crippen molar-refractivity contribution in [3.8, 4) is 0 Å². The number of aryl methyl sites for hydroxylation is 1. The van der Waals surface area contributed by atoms with Crippen LogP contribution < -0.4 is 10.6 Å². The highest BCUT2D eigenvalue weighted by atomic mass is 16.2. The first-order valence-electron chi connectivity index (χ1n) is 8.80. The molecule has 0 saturated carbocycles. The van der Waals surface area contributed by atoms with E-state index in [0.29, 0.717) is 24.9 Å². The Balaban J connectivity index is 1.54. The number of nitrogens with zero attached hydrogens (tertiary/aromatic N) is 5. The summed E-state index contributed by atoms with van der Waals surface area (Å²) in [7, 11) is 1.97. The van der Waals surface area contributed by atoms with E-state index in [1.807, 2.05) is 47.0 Å². The van der Waals surface area contributed by atoms with Gasteiger partial charge in [0, 0.05) is 56.5 Å². The number of benzene rings is 1. The molecule has 0 radical (unpaired) electrons.